The van der Waals surface area contributed by atoms with E-state index in [1.807, 2.05) is 55.7 Å². The Hall–Kier alpha value is -3.01. The number of benzene rings is 1. The highest BCUT2D eigenvalue weighted by molar-refractivity contribution is 6.13. The molecule has 1 aromatic carbocycles. The number of ketones is 1. The molecular weight excluding hydrogens is 298 g/mol. The molecule has 0 fully saturated rings. The van der Waals surface area contributed by atoms with E-state index in [-0.39, 0.29) is 5.78 Å². The van der Waals surface area contributed by atoms with Crippen LogP contribution in [0.4, 0.5) is 0 Å². The van der Waals surface area contributed by atoms with E-state index < -0.39 is 0 Å². The van der Waals surface area contributed by atoms with Crippen LogP contribution in [0.3, 0.4) is 0 Å². The SMILES string of the molecule is Cn1cc(/C=C2\CCc3ccccc3C2=O)c(-c2ccncc2)n1. The Morgan fingerprint density at radius 3 is 2.71 bits per heavy atom. The van der Waals surface area contributed by atoms with Crippen LogP contribution in [0.1, 0.15) is 27.9 Å². The molecule has 3 aromatic rings. The van der Waals surface area contributed by atoms with Gasteiger partial charge in [0.25, 0.3) is 0 Å². The van der Waals surface area contributed by atoms with Crippen LogP contribution in [0.15, 0.2) is 60.6 Å². The van der Waals surface area contributed by atoms with Gasteiger partial charge in [0.2, 0.25) is 0 Å². The molecule has 0 aliphatic heterocycles. The summed E-state index contributed by atoms with van der Waals surface area (Å²) in [7, 11) is 1.89. The van der Waals surface area contributed by atoms with E-state index in [1.54, 1.807) is 17.1 Å². The number of nitrogens with zero attached hydrogens (tertiary/aromatic N) is 3. The highest BCUT2D eigenvalue weighted by Gasteiger charge is 2.22. The Kier molecular flexibility index (Phi) is 3.58. The number of aromatic nitrogens is 3. The van der Waals surface area contributed by atoms with Crippen molar-refractivity contribution in [2.75, 3.05) is 0 Å². The van der Waals surface area contributed by atoms with Crippen LogP contribution in [0.5, 0.6) is 0 Å². The van der Waals surface area contributed by atoms with Gasteiger partial charge in [-0.3, -0.25) is 14.5 Å². The number of hydrogen-bond donors (Lipinski definition) is 0. The molecule has 4 heteroatoms. The smallest absolute Gasteiger partial charge is 0.189 e. The molecule has 1 aliphatic carbocycles. The second kappa shape index (κ2) is 5.89. The van der Waals surface area contributed by atoms with Gasteiger partial charge in [-0.05, 0) is 36.6 Å². The summed E-state index contributed by atoms with van der Waals surface area (Å²) in [5.74, 6) is 0.126. The first-order valence-corrected chi connectivity index (χ1v) is 7.99. The van der Waals surface area contributed by atoms with E-state index in [9.17, 15) is 4.79 Å². The molecule has 0 N–H and O–H groups in total. The van der Waals surface area contributed by atoms with Crippen LogP contribution in [0.25, 0.3) is 17.3 Å². The zero-order valence-electron chi connectivity index (χ0n) is 13.4. The summed E-state index contributed by atoms with van der Waals surface area (Å²) >= 11 is 0. The van der Waals surface area contributed by atoms with Crippen molar-refractivity contribution in [3.63, 3.8) is 0 Å². The van der Waals surface area contributed by atoms with Gasteiger partial charge in [0, 0.05) is 47.9 Å². The fourth-order valence-electron chi connectivity index (χ4n) is 3.19. The predicted octanol–water partition coefficient (Wildman–Crippen LogP) is 3.69. The molecule has 24 heavy (non-hydrogen) atoms. The summed E-state index contributed by atoms with van der Waals surface area (Å²) in [6.45, 7) is 0. The average Bonchev–Trinajstić information content (AvgIpc) is 2.99. The molecule has 0 bridgehead atoms. The highest BCUT2D eigenvalue weighted by Crippen LogP contribution is 2.29. The van der Waals surface area contributed by atoms with Gasteiger partial charge in [-0.15, -0.1) is 0 Å². The van der Waals surface area contributed by atoms with Crippen LogP contribution in [0, 0.1) is 0 Å². The summed E-state index contributed by atoms with van der Waals surface area (Å²) < 4.78 is 1.78. The molecule has 118 valence electrons. The number of carbonyl (C=O) groups excluding carboxylic acids is 1. The lowest BCUT2D eigenvalue weighted by Gasteiger charge is -2.17. The first kappa shape index (κ1) is 14.6. The van der Waals surface area contributed by atoms with E-state index >= 15 is 0 Å². The maximum atomic E-state index is 12.8. The summed E-state index contributed by atoms with van der Waals surface area (Å²) in [5, 5.41) is 4.55. The van der Waals surface area contributed by atoms with Crippen molar-refractivity contribution < 1.29 is 4.79 Å². The number of Topliss-reactive ketones (excluding diaryl/α,β-unsaturated/α-hetero) is 1. The topological polar surface area (TPSA) is 47.8 Å². The quantitative estimate of drug-likeness (QED) is 0.678. The minimum atomic E-state index is 0.126. The molecule has 0 saturated heterocycles. The van der Waals surface area contributed by atoms with Crippen LogP contribution in [-0.2, 0) is 13.5 Å². The normalized spacial score (nSPS) is 15.5. The van der Waals surface area contributed by atoms with Crippen molar-refractivity contribution in [3.8, 4) is 11.3 Å². The number of carbonyl (C=O) groups is 1. The molecule has 0 saturated carbocycles. The second-order valence-electron chi connectivity index (χ2n) is 6.00. The van der Waals surface area contributed by atoms with Crippen molar-refractivity contribution in [2.45, 2.75) is 12.8 Å². The lowest BCUT2D eigenvalue weighted by atomic mass is 9.86. The van der Waals surface area contributed by atoms with E-state index in [0.717, 1.165) is 46.4 Å². The Morgan fingerprint density at radius 1 is 1.08 bits per heavy atom. The maximum Gasteiger partial charge on any atom is 0.189 e. The summed E-state index contributed by atoms with van der Waals surface area (Å²) in [6, 6.07) is 11.7. The molecule has 2 aromatic heterocycles. The lowest BCUT2D eigenvalue weighted by Crippen LogP contribution is -2.13. The Bertz CT molecular complexity index is 939. The molecule has 0 unspecified atom stereocenters. The van der Waals surface area contributed by atoms with Gasteiger partial charge in [-0.2, -0.15) is 5.10 Å². The molecular formula is C20H17N3O. The molecule has 4 rings (SSSR count). The van der Waals surface area contributed by atoms with Crippen molar-refractivity contribution >= 4 is 11.9 Å². The molecule has 0 amide bonds. The van der Waals surface area contributed by atoms with Gasteiger partial charge in [0.15, 0.2) is 5.78 Å². The third-order valence-electron chi connectivity index (χ3n) is 4.36. The molecule has 2 heterocycles. The number of pyridine rings is 1. The van der Waals surface area contributed by atoms with Crippen LogP contribution < -0.4 is 0 Å². The molecule has 0 radical (unpaired) electrons. The van der Waals surface area contributed by atoms with Gasteiger partial charge in [0.1, 0.15) is 0 Å². The van der Waals surface area contributed by atoms with Crippen LogP contribution in [0.2, 0.25) is 0 Å². The summed E-state index contributed by atoms with van der Waals surface area (Å²) in [4.78, 5) is 16.8. The number of aryl methyl sites for hydroxylation is 2. The number of allylic oxidation sites excluding steroid dienone is 1. The number of rotatable bonds is 2. The average molecular weight is 315 g/mol. The fourth-order valence-corrected chi connectivity index (χ4v) is 3.19. The minimum absolute atomic E-state index is 0.126. The number of hydrogen-bond acceptors (Lipinski definition) is 3. The van der Waals surface area contributed by atoms with Crippen LogP contribution >= 0.6 is 0 Å². The Morgan fingerprint density at radius 2 is 1.88 bits per heavy atom. The van der Waals surface area contributed by atoms with E-state index in [0.29, 0.717) is 0 Å². The molecule has 4 nitrogen and oxygen atoms in total. The fraction of sp³-hybridized carbons (Fsp3) is 0.150. The van der Waals surface area contributed by atoms with Gasteiger partial charge in [0.05, 0.1) is 5.69 Å². The van der Waals surface area contributed by atoms with Crippen molar-refractivity contribution in [1.29, 1.82) is 0 Å². The summed E-state index contributed by atoms with van der Waals surface area (Å²) in [6.07, 6.45) is 9.11. The van der Waals surface area contributed by atoms with Crippen molar-refractivity contribution in [2.24, 2.45) is 7.05 Å². The third-order valence-corrected chi connectivity index (χ3v) is 4.36. The Balaban J connectivity index is 1.77. The summed E-state index contributed by atoms with van der Waals surface area (Å²) in [5.41, 5.74) is 5.65. The van der Waals surface area contributed by atoms with Crippen molar-refractivity contribution in [1.82, 2.24) is 14.8 Å². The van der Waals surface area contributed by atoms with E-state index in [2.05, 4.69) is 10.1 Å². The zero-order valence-corrected chi connectivity index (χ0v) is 13.4. The van der Waals surface area contributed by atoms with E-state index in [1.165, 1.54) is 0 Å². The monoisotopic (exact) mass is 315 g/mol. The first-order valence-electron chi connectivity index (χ1n) is 7.99. The second-order valence-corrected chi connectivity index (χ2v) is 6.00. The highest BCUT2D eigenvalue weighted by atomic mass is 16.1. The third kappa shape index (κ3) is 2.56. The van der Waals surface area contributed by atoms with Gasteiger partial charge in [-0.1, -0.05) is 24.3 Å². The molecule has 0 atom stereocenters. The first-order chi connectivity index (χ1) is 11.7. The zero-order chi connectivity index (χ0) is 16.5. The standard InChI is InChI=1S/C20H17N3O/c1-23-13-17(19(22-23)15-8-10-21-11-9-15)12-16-7-6-14-4-2-3-5-18(14)20(16)24/h2-5,8-13H,6-7H2,1H3/b16-12+. The lowest BCUT2D eigenvalue weighted by molar-refractivity contribution is 0.102. The van der Waals surface area contributed by atoms with Crippen LogP contribution in [-0.4, -0.2) is 20.5 Å². The van der Waals surface area contributed by atoms with Gasteiger partial charge >= 0.3 is 0 Å². The van der Waals surface area contributed by atoms with Gasteiger partial charge in [-0.25, -0.2) is 0 Å². The maximum absolute atomic E-state index is 12.8. The Labute approximate surface area is 140 Å². The predicted molar refractivity (Wildman–Crippen MR) is 93.5 cm³/mol. The van der Waals surface area contributed by atoms with Gasteiger partial charge < -0.3 is 0 Å². The number of fused-ring (bicyclic) bond motifs is 1. The largest absolute Gasteiger partial charge is 0.289 e. The minimum Gasteiger partial charge on any atom is -0.289 e. The van der Waals surface area contributed by atoms with Crippen molar-refractivity contribution in [3.05, 3.63) is 77.3 Å². The molecule has 1 aliphatic rings. The molecule has 0 spiro atoms. The van der Waals surface area contributed by atoms with E-state index in [4.69, 9.17) is 0 Å².